The third-order valence-electron chi connectivity index (χ3n) is 3.63. The van der Waals surface area contributed by atoms with Gasteiger partial charge in [0.15, 0.2) is 18.1 Å². The number of anilines is 1. The van der Waals surface area contributed by atoms with Gasteiger partial charge in [-0.2, -0.15) is 0 Å². The molecule has 3 N–H and O–H groups in total. The molecule has 0 spiro atoms. The lowest BCUT2D eigenvalue weighted by Crippen LogP contribution is -2.20. The van der Waals surface area contributed by atoms with Gasteiger partial charge in [-0.1, -0.05) is 26.0 Å². The summed E-state index contributed by atoms with van der Waals surface area (Å²) in [7, 11) is 1.46. The van der Waals surface area contributed by atoms with E-state index >= 15 is 0 Å². The maximum absolute atomic E-state index is 12.4. The molecule has 132 valence electrons. The highest BCUT2D eigenvalue weighted by atomic mass is 16.5. The van der Waals surface area contributed by atoms with Crippen LogP contribution in [0.5, 0.6) is 11.5 Å². The van der Waals surface area contributed by atoms with Gasteiger partial charge in [0.25, 0.3) is 11.8 Å². The van der Waals surface area contributed by atoms with Crippen molar-refractivity contribution in [3.8, 4) is 11.5 Å². The molecule has 2 aromatic carbocycles. The minimum atomic E-state index is -0.589. The van der Waals surface area contributed by atoms with Crippen molar-refractivity contribution >= 4 is 17.5 Å². The van der Waals surface area contributed by atoms with Crippen LogP contribution in [0.4, 0.5) is 5.69 Å². The van der Waals surface area contributed by atoms with Crippen LogP contribution in [0.25, 0.3) is 0 Å². The van der Waals surface area contributed by atoms with E-state index in [1.54, 1.807) is 18.2 Å². The van der Waals surface area contributed by atoms with E-state index in [-0.39, 0.29) is 12.5 Å². The van der Waals surface area contributed by atoms with Crippen LogP contribution in [0.2, 0.25) is 0 Å². The molecule has 0 saturated carbocycles. The molecule has 0 radical (unpaired) electrons. The third-order valence-corrected chi connectivity index (χ3v) is 3.63. The number of hydrogen-bond acceptors (Lipinski definition) is 4. The van der Waals surface area contributed by atoms with Crippen molar-refractivity contribution in [1.82, 2.24) is 0 Å². The smallest absolute Gasteiger partial charge is 0.255 e. The molecule has 25 heavy (non-hydrogen) atoms. The van der Waals surface area contributed by atoms with Crippen molar-refractivity contribution in [2.45, 2.75) is 19.8 Å². The Labute approximate surface area is 146 Å². The number of carbonyl (C=O) groups is 2. The number of hydrogen-bond donors (Lipinski definition) is 2. The molecule has 0 bridgehead atoms. The van der Waals surface area contributed by atoms with Gasteiger partial charge in [-0.3, -0.25) is 9.59 Å². The van der Waals surface area contributed by atoms with Gasteiger partial charge in [0.05, 0.1) is 7.11 Å². The SMILES string of the molecule is COc1cc(C(=O)Nc2ccc(C(C)C)cc2)ccc1OCC(N)=O. The molecule has 0 atom stereocenters. The van der Waals surface area contributed by atoms with Crippen molar-refractivity contribution < 1.29 is 19.1 Å². The van der Waals surface area contributed by atoms with Gasteiger partial charge in [0.1, 0.15) is 0 Å². The van der Waals surface area contributed by atoms with E-state index < -0.39 is 5.91 Å². The fourth-order valence-electron chi connectivity index (χ4n) is 2.23. The number of carbonyl (C=O) groups excluding carboxylic acids is 2. The molecular formula is C19H22N2O4. The monoisotopic (exact) mass is 342 g/mol. The van der Waals surface area contributed by atoms with Crippen molar-refractivity contribution in [2.24, 2.45) is 5.73 Å². The number of rotatable bonds is 7. The molecule has 0 heterocycles. The molecule has 0 saturated heterocycles. The Morgan fingerprint density at radius 2 is 1.76 bits per heavy atom. The van der Waals surface area contributed by atoms with Gasteiger partial charge in [-0.05, 0) is 41.8 Å². The number of ether oxygens (including phenoxy) is 2. The lowest BCUT2D eigenvalue weighted by atomic mass is 10.0. The van der Waals surface area contributed by atoms with Crippen LogP contribution in [0.15, 0.2) is 42.5 Å². The van der Waals surface area contributed by atoms with Gasteiger partial charge in [0, 0.05) is 11.3 Å². The topological polar surface area (TPSA) is 90.7 Å². The second-order valence-corrected chi connectivity index (χ2v) is 5.85. The van der Waals surface area contributed by atoms with Gasteiger partial charge >= 0.3 is 0 Å². The molecule has 6 heteroatoms. The zero-order valence-corrected chi connectivity index (χ0v) is 14.5. The van der Waals surface area contributed by atoms with E-state index in [0.29, 0.717) is 28.7 Å². The molecule has 0 aromatic heterocycles. The van der Waals surface area contributed by atoms with Crippen LogP contribution >= 0.6 is 0 Å². The second kappa shape index (κ2) is 8.19. The Bertz CT molecular complexity index is 755. The number of primary amides is 1. The summed E-state index contributed by atoms with van der Waals surface area (Å²) in [6.07, 6.45) is 0. The van der Waals surface area contributed by atoms with Crippen LogP contribution in [0, 0.1) is 0 Å². The molecule has 2 rings (SSSR count). The first-order valence-corrected chi connectivity index (χ1v) is 7.91. The summed E-state index contributed by atoms with van der Waals surface area (Å²) < 4.78 is 10.5. The largest absolute Gasteiger partial charge is 0.493 e. The zero-order valence-electron chi connectivity index (χ0n) is 14.5. The highest BCUT2D eigenvalue weighted by Gasteiger charge is 2.12. The minimum Gasteiger partial charge on any atom is -0.493 e. The Kier molecular flexibility index (Phi) is 6.00. The molecule has 0 fully saturated rings. The third kappa shape index (κ3) is 4.97. The van der Waals surface area contributed by atoms with E-state index in [4.69, 9.17) is 15.2 Å². The Morgan fingerprint density at radius 1 is 1.08 bits per heavy atom. The minimum absolute atomic E-state index is 0.260. The normalized spacial score (nSPS) is 10.4. The quantitative estimate of drug-likeness (QED) is 0.809. The van der Waals surface area contributed by atoms with Gasteiger partial charge < -0.3 is 20.5 Å². The maximum atomic E-state index is 12.4. The summed E-state index contributed by atoms with van der Waals surface area (Å²) in [6, 6.07) is 12.4. The first-order valence-electron chi connectivity index (χ1n) is 7.91. The lowest BCUT2D eigenvalue weighted by Gasteiger charge is -2.12. The van der Waals surface area contributed by atoms with E-state index in [1.807, 2.05) is 24.3 Å². The van der Waals surface area contributed by atoms with E-state index in [2.05, 4.69) is 19.2 Å². The molecule has 0 aliphatic carbocycles. The average molecular weight is 342 g/mol. The van der Waals surface area contributed by atoms with Crippen molar-refractivity contribution in [3.05, 3.63) is 53.6 Å². The molecule has 2 aromatic rings. The fourth-order valence-corrected chi connectivity index (χ4v) is 2.23. The van der Waals surface area contributed by atoms with Crippen LogP contribution in [0.3, 0.4) is 0 Å². The van der Waals surface area contributed by atoms with E-state index in [0.717, 1.165) is 0 Å². The summed E-state index contributed by atoms with van der Waals surface area (Å²) in [5.74, 6) is 0.274. The Balaban J connectivity index is 2.11. The molecule has 6 nitrogen and oxygen atoms in total. The van der Waals surface area contributed by atoms with Crippen LogP contribution < -0.4 is 20.5 Å². The van der Waals surface area contributed by atoms with Gasteiger partial charge in [-0.15, -0.1) is 0 Å². The molecule has 0 aliphatic rings. The van der Waals surface area contributed by atoms with Crippen LogP contribution in [-0.2, 0) is 4.79 Å². The number of methoxy groups -OCH3 is 1. The molecule has 0 unspecified atom stereocenters. The van der Waals surface area contributed by atoms with Crippen molar-refractivity contribution in [1.29, 1.82) is 0 Å². The summed E-state index contributed by atoms with van der Waals surface area (Å²) >= 11 is 0. The maximum Gasteiger partial charge on any atom is 0.255 e. The first-order chi connectivity index (χ1) is 11.9. The standard InChI is InChI=1S/C19H22N2O4/c1-12(2)13-4-7-15(8-5-13)21-19(23)14-6-9-16(17(10-14)24-3)25-11-18(20)22/h4-10,12H,11H2,1-3H3,(H2,20,22)(H,21,23). The number of benzene rings is 2. The van der Waals surface area contributed by atoms with Crippen LogP contribution in [-0.4, -0.2) is 25.5 Å². The average Bonchev–Trinajstić information content (AvgIpc) is 2.60. The van der Waals surface area contributed by atoms with E-state index in [1.165, 1.54) is 12.7 Å². The Morgan fingerprint density at radius 3 is 2.32 bits per heavy atom. The highest BCUT2D eigenvalue weighted by molar-refractivity contribution is 6.04. The molecular weight excluding hydrogens is 320 g/mol. The highest BCUT2D eigenvalue weighted by Crippen LogP contribution is 2.28. The summed E-state index contributed by atoms with van der Waals surface area (Å²) in [6.45, 7) is 3.97. The second-order valence-electron chi connectivity index (χ2n) is 5.85. The van der Waals surface area contributed by atoms with E-state index in [9.17, 15) is 9.59 Å². The van der Waals surface area contributed by atoms with Crippen molar-refractivity contribution in [2.75, 3.05) is 19.0 Å². The summed E-state index contributed by atoms with van der Waals surface area (Å²) in [4.78, 5) is 23.2. The first kappa shape index (κ1) is 18.3. The predicted octanol–water partition coefficient (Wildman–Crippen LogP) is 2.94. The zero-order chi connectivity index (χ0) is 18.4. The molecule has 0 aliphatic heterocycles. The lowest BCUT2D eigenvalue weighted by molar-refractivity contribution is -0.119. The Hall–Kier alpha value is -3.02. The molecule has 2 amide bonds. The fraction of sp³-hybridized carbons (Fsp3) is 0.263. The van der Waals surface area contributed by atoms with Gasteiger partial charge in [0.2, 0.25) is 0 Å². The summed E-state index contributed by atoms with van der Waals surface area (Å²) in [5.41, 5.74) is 7.38. The number of amides is 2. The van der Waals surface area contributed by atoms with Crippen LogP contribution in [0.1, 0.15) is 35.7 Å². The van der Waals surface area contributed by atoms with Crippen molar-refractivity contribution in [3.63, 3.8) is 0 Å². The summed E-state index contributed by atoms with van der Waals surface area (Å²) in [5, 5.41) is 2.84. The number of nitrogens with one attached hydrogen (secondary N) is 1. The number of nitrogens with two attached hydrogens (primary N) is 1. The predicted molar refractivity (Wildman–Crippen MR) is 96.2 cm³/mol. The van der Waals surface area contributed by atoms with Gasteiger partial charge in [-0.25, -0.2) is 0 Å².